The first-order valence-electron chi connectivity index (χ1n) is 14.4. The van der Waals surface area contributed by atoms with Crippen LogP contribution < -0.4 is 5.32 Å². The van der Waals surface area contributed by atoms with E-state index in [1.54, 1.807) is 55.5 Å². The van der Waals surface area contributed by atoms with Crippen LogP contribution >= 0.6 is 11.6 Å². The summed E-state index contributed by atoms with van der Waals surface area (Å²) in [6.07, 6.45) is 2.23. The van der Waals surface area contributed by atoms with Gasteiger partial charge in [0.05, 0.1) is 24.6 Å². The third kappa shape index (κ3) is 7.77. The predicted molar refractivity (Wildman–Crippen MR) is 171 cm³/mol. The average molecular weight is 639 g/mol. The van der Waals surface area contributed by atoms with Gasteiger partial charge >= 0.3 is 11.9 Å². The van der Waals surface area contributed by atoms with Crippen molar-refractivity contribution in [3.63, 3.8) is 0 Å². The fourth-order valence-electron chi connectivity index (χ4n) is 5.36. The van der Waals surface area contributed by atoms with E-state index in [0.717, 1.165) is 5.56 Å². The van der Waals surface area contributed by atoms with Crippen molar-refractivity contribution >= 4 is 33.6 Å². The van der Waals surface area contributed by atoms with Crippen molar-refractivity contribution in [1.29, 1.82) is 0 Å². The highest BCUT2D eigenvalue weighted by Crippen LogP contribution is 2.46. The molecule has 8 nitrogen and oxygen atoms in total. The second-order valence-corrected chi connectivity index (χ2v) is 14.2. The van der Waals surface area contributed by atoms with Gasteiger partial charge in [-0.1, -0.05) is 99.1 Å². The molecule has 44 heavy (non-hydrogen) atoms. The Kier molecular flexibility index (Phi) is 10.7. The Bertz CT molecular complexity index is 1600. The number of aryl methyl sites for hydroxylation is 1. The molecule has 0 amide bonds. The summed E-state index contributed by atoms with van der Waals surface area (Å²) in [6.45, 7) is 7.33. The molecule has 0 radical (unpaired) electrons. The topological polar surface area (TPSA) is 102 Å². The summed E-state index contributed by atoms with van der Waals surface area (Å²) in [5.74, 6) is -1.08. The first-order valence-corrected chi connectivity index (χ1v) is 16.2. The van der Waals surface area contributed by atoms with Gasteiger partial charge in [0.1, 0.15) is 12.6 Å². The molecule has 0 aliphatic carbocycles. The number of hydrogen-bond donors (Lipinski definition) is 1. The molecule has 234 valence electrons. The fourth-order valence-corrected chi connectivity index (χ4v) is 7.65. The quantitative estimate of drug-likeness (QED) is 0.214. The van der Waals surface area contributed by atoms with E-state index >= 15 is 0 Å². The van der Waals surface area contributed by atoms with Gasteiger partial charge in [-0.3, -0.25) is 14.9 Å². The molecule has 1 N–H and O–H groups in total. The lowest BCUT2D eigenvalue weighted by molar-refractivity contribution is -0.144. The number of sulfonamides is 1. The summed E-state index contributed by atoms with van der Waals surface area (Å²) in [4.78, 5) is 25.6. The summed E-state index contributed by atoms with van der Waals surface area (Å²) in [5.41, 5.74) is 2.39. The second kappa shape index (κ2) is 14.1. The Morgan fingerprint density at radius 2 is 1.61 bits per heavy atom. The van der Waals surface area contributed by atoms with Crippen molar-refractivity contribution in [1.82, 2.24) is 9.62 Å². The third-order valence-electron chi connectivity index (χ3n) is 7.63. The number of methoxy groups -OCH3 is 1. The maximum atomic E-state index is 14.4. The van der Waals surface area contributed by atoms with Crippen LogP contribution in [0.25, 0.3) is 0 Å². The zero-order chi connectivity index (χ0) is 32.1. The number of carbonyl (C=O) groups excluding carboxylic acids is 2. The molecule has 3 atom stereocenters. The highest BCUT2D eigenvalue weighted by Gasteiger charge is 2.48. The van der Waals surface area contributed by atoms with Gasteiger partial charge in [0.15, 0.2) is 0 Å². The van der Waals surface area contributed by atoms with Gasteiger partial charge in [-0.15, -0.1) is 0 Å². The molecule has 0 bridgehead atoms. The lowest BCUT2D eigenvalue weighted by Gasteiger charge is -2.37. The highest BCUT2D eigenvalue weighted by atomic mass is 35.5. The maximum absolute atomic E-state index is 14.4. The van der Waals surface area contributed by atoms with Crippen LogP contribution in [0.4, 0.5) is 0 Å². The highest BCUT2D eigenvalue weighted by molar-refractivity contribution is 7.89. The van der Waals surface area contributed by atoms with Gasteiger partial charge in [-0.2, -0.15) is 4.31 Å². The molecular weight excluding hydrogens is 600 g/mol. The maximum Gasteiger partial charge on any atom is 0.323 e. The summed E-state index contributed by atoms with van der Waals surface area (Å²) < 4.78 is 40.9. The molecule has 0 saturated carbocycles. The van der Waals surface area contributed by atoms with Gasteiger partial charge in [-0.25, -0.2) is 8.42 Å². The molecule has 0 spiro atoms. The van der Waals surface area contributed by atoms with Gasteiger partial charge in [-0.05, 0) is 59.2 Å². The zero-order valence-corrected chi connectivity index (χ0v) is 27.2. The Balaban J connectivity index is 1.60. The summed E-state index contributed by atoms with van der Waals surface area (Å²) in [5, 5.41) is 3.47. The molecule has 1 heterocycles. The first-order chi connectivity index (χ1) is 20.8. The average Bonchev–Trinajstić information content (AvgIpc) is 3.40. The molecule has 3 aromatic rings. The van der Waals surface area contributed by atoms with Crippen LogP contribution in [0.1, 0.15) is 43.5 Å². The number of carbonyl (C=O) groups is 2. The Morgan fingerprint density at radius 3 is 2.23 bits per heavy atom. The molecular formula is C34H39ClN2O6S. The van der Waals surface area contributed by atoms with Crippen LogP contribution in [0.2, 0.25) is 5.02 Å². The summed E-state index contributed by atoms with van der Waals surface area (Å²) >= 11 is 6.19. The number of hydrogen-bond acceptors (Lipinski definition) is 7. The molecule has 2 unspecified atom stereocenters. The molecule has 1 aliphatic rings. The van der Waals surface area contributed by atoms with E-state index in [1.807, 2.05) is 57.2 Å². The lowest BCUT2D eigenvalue weighted by atomic mass is 9.87. The molecule has 1 aliphatic heterocycles. The minimum atomic E-state index is -4.00. The van der Waals surface area contributed by atoms with Crippen molar-refractivity contribution in [2.24, 2.45) is 5.41 Å². The minimum absolute atomic E-state index is 0.137. The Hall–Kier alpha value is -3.50. The molecule has 0 fully saturated rings. The van der Waals surface area contributed by atoms with E-state index in [9.17, 15) is 18.0 Å². The second-order valence-electron chi connectivity index (χ2n) is 11.9. The van der Waals surface area contributed by atoms with Gasteiger partial charge < -0.3 is 9.47 Å². The standard InChI is InChI=1S/C34H39ClN2O6S/c1-23-11-9-10-14-29(23)44(40,41)37-30(34(2,3)4)20-26(32(37)25-15-17-27(35)18-16-25)22-43-31(38)21-36-28(33(39)42-5)19-24-12-7-6-8-13-24/h6-18,20,28,30,32,36H,19,21-22H2,1-5H3/t28-,30?,32?/m0/s1. The van der Waals surface area contributed by atoms with Crippen LogP contribution in [0, 0.1) is 12.3 Å². The molecule has 0 saturated heterocycles. The normalized spacial score (nSPS) is 18.0. The molecule has 0 aromatic heterocycles. The van der Waals surface area contributed by atoms with Crippen molar-refractivity contribution in [2.45, 2.75) is 57.1 Å². The van der Waals surface area contributed by atoms with Gasteiger partial charge in [0.2, 0.25) is 10.0 Å². The SMILES string of the molecule is COC(=O)[C@H](Cc1ccccc1)NCC(=O)OCC1=CC(C(C)(C)C)N(S(=O)(=O)c2ccccc2C)C1c1ccc(Cl)cc1. The summed E-state index contributed by atoms with van der Waals surface area (Å²) in [6, 6.07) is 21.3. The number of nitrogens with one attached hydrogen (secondary N) is 1. The van der Waals surface area contributed by atoms with Crippen LogP contribution in [-0.4, -0.2) is 57.0 Å². The number of benzene rings is 3. The van der Waals surface area contributed by atoms with Gasteiger partial charge in [0, 0.05) is 11.1 Å². The van der Waals surface area contributed by atoms with E-state index in [-0.39, 0.29) is 18.0 Å². The predicted octanol–water partition coefficient (Wildman–Crippen LogP) is 5.65. The van der Waals surface area contributed by atoms with Crippen LogP contribution in [0.5, 0.6) is 0 Å². The minimum Gasteiger partial charge on any atom is -0.468 e. The first kappa shape index (κ1) is 33.4. The number of esters is 2. The third-order valence-corrected chi connectivity index (χ3v) is 9.89. The van der Waals surface area contributed by atoms with Gasteiger partial charge in [0.25, 0.3) is 0 Å². The van der Waals surface area contributed by atoms with Crippen LogP contribution in [0.15, 0.2) is 95.4 Å². The monoisotopic (exact) mass is 638 g/mol. The lowest BCUT2D eigenvalue weighted by Crippen LogP contribution is -2.45. The largest absolute Gasteiger partial charge is 0.468 e. The van der Waals surface area contributed by atoms with Crippen LogP contribution in [0.3, 0.4) is 0 Å². The smallest absolute Gasteiger partial charge is 0.323 e. The van der Waals surface area contributed by atoms with E-state index in [0.29, 0.717) is 28.1 Å². The Morgan fingerprint density at radius 1 is 0.977 bits per heavy atom. The molecule has 4 rings (SSSR count). The fraction of sp³-hybridized carbons (Fsp3) is 0.353. The van der Waals surface area contributed by atoms with E-state index in [1.165, 1.54) is 11.4 Å². The van der Waals surface area contributed by atoms with E-state index in [4.69, 9.17) is 21.1 Å². The van der Waals surface area contributed by atoms with Crippen LogP contribution in [-0.2, 0) is 35.5 Å². The van der Waals surface area contributed by atoms with Crippen molar-refractivity contribution in [3.8, 4) is 0 Å². The zero-order valence-electron chi connectivity index (χ0n) is 25.6. The number of rotatable bonds is 11. The van der Waals surface area contributed by atoms with E-state index in [2.05, 4.69) is 5.32 Å². The molecule has 3 aromatic carbocycles. The van der Waals surface area contributed by atoms with E-state index < -0.39 is 45.5 Å². The van der Waals surface area contributed by atoms with Crippen molar-refractivity contribution < 1.29 is 27.5 Å². The van der Waals surface area contributed by atoms with Crippen molar-refractivity contribution in [2.75, 3.05) is 20.3 Å². The number of nitrogens with zero attached hydrogens (tertiary/aromatic N) is 1. The molecule has 10 heteroatoms. The number of halogens is 1. The summed E-state index contributed by atoms with van der Waals surface area (Å²) in [7, 11) is -2.70. The number of ether oxygens (including phenoxy) is 2. The Labute approximate surface area is 265 Å². The van der Waals surface area contributed by atoms with Crippen molar-refractivity contribution in [3.05, 3.63) is 112 Å².